The largest absolute Gasteiger partial charge is 0.378 e. The third-order valence-electron chi connectivity index (χ3n) is 4.39. The summed E-state index contributed by atoms with van der Waals surface area (Å²) in [5.41, 5.74) is 6.13. The first-order valence-electron chi connectivity index (χ1n) is 8.81. The van der Waals surface area contributed by atoms with Crippen LogP contribution in [0.4, 0.5) is 0 Å². The van der Waals surface area contributed by atoms with Crippen molar-refractivity contribution >= 4 is 23.6 Å². The van der Waals surface area contributed by atoms with Gasteiger partial charge in [0, 0.05) is 33.0 Å². The van der Waals surface area contributed by atoms with Gasteiger partial charge in [0.2, 0.25) is 11.8 Å². The molecule has 1 atom stereocenters. The monoisotopic (exact) mass is 389 g/mol. The van der Waals surface area contributed by atoms with Crippen LogP contribution in [0.2, 0.25) is 0 Å². The average Bonchev–Trinajstić information content (AvgIpc) is 3.04. The van der Waals surface area contributed by atoms with Gasteiger partial charge in [-0.15, -0.1) is 10.2 Å². The van der Waals surface area contributed by atoms with E-state index >= 15 is 0 Å². The Kier molecular flexibility index (Phi) is 6.46. The molecule has 2 amide bonds. The maximum absolute atomic E-state index is 13.2. The first-order chi connectivity index (χ1) is 13.1. The van der Waals surface area contributed by atoms with E-state index in [2.05, 4.69) is 10.2 Å². The summed E-state index contributed by atoms with van der Waals surface area (Å²) in [5, 5.41) is 8.57. The molecule has 1 aromatic carbocycles. The number of hydrogen-bond acceptors (Lipinski definition) is 6. The molecular weight excluding hydrogens is 366 g/mol. The van der Waals surface area contributed by atoms with Gasteiger partial charge in [0.05, 0.1) is 13.2 Å². The van der Waals surface area contributed by atoms with Crippen LogP contribution in [0.15, 0.2) is 35.5 Å². The first-order valence-corrected chi connectivity index (χ1v) is 9.69. The average molecular weight is 389 g/mol. The molecule has 0 aliphatic carbocycles. The van der Waals surface area contributed by atoms with Crippen LogP contribution >= 0.6 is 11.8 Å². The smallest absolute Gasteiger partial charge is 0.240 e. The zero-order valence-electron chi connectivity index (χ0n) is 15.2. The van der Waals surface area contributed by atoms with Gasteiger partial charge in [-0.1, -0.05) is 42.1 Å². The summed E-state index contributed by atoms with van der Waals surface area (Å²) < 4.78 is 7.17. The topological polar surface area (TPSA) is 103 Å². The molecule has 144 valence electrons. The first kappa shape index (κ1) is 19.4. The number of ether oxygens (including phenoxy) is 1. The minimum atomic E-state index is -0.420. The lowest BCUT2D eigenvalue weighted by atomic mass is 10.1. The highest BCUT2D eigenvalue weighted by molar-refractivity contribution is 8.00. The summed E-state index contributed by atoms with van der Waals surface area (Å²) in [6.07, 6.45) is 0.637. The lowest BCUT2D eigenvalue weighted by Gasteiger charge is -2.30. The van der Waals surface area contributed by atoms with Crippen molar-refractivity contribution in [3.05, 3.63) is 41.7 Å². The molecule has 8 nitrogen and oxygen atoms in total. The summed E-state index contributed by atoms with van der Waals surface area (Å²) in [5.74, 6) is 0.329. The summed E-state index contributed by atoms with van der Waals surface area (Å²) >= 11 is 1.37. The van der Waals surface area contributed by atoms with Gasteiger partial charge in [-0.3, -0.25) is 9.59 Å². The van der Waals surface area contributed by atoms with Crippen molar-refractivity contribution in [2.45, 2.75) is 23.2 Å². The van der Waals surface area contributed by atoms with E-state index in [0.717, 1.165) is 5.56 Å². The second-order valence-electron chi connectivity index (χ2n) is 6.27. The van der Waals surface area contributed by atoms with Crippen molar-refractivity contribution in [2.24, 2.45) is 12.8 Å². The fourth-order valence-corrected chi connectivity index (χ4v) is 3.95. The highest BCUT2D eigenvalue weighted by Gasteiger charge is 2.29. The molecule has 1 aromatic heterocycles. The van der Waals surface area contributed by atoms with E-state index in [1.807, 2.05) is 46.8 Å². The van der Waals surface area contributed by atoms with Gasteiger partial charge in [0.25, 0.3) is 0 Å². The molecule has 0 bridgehead atoms. The molecule has 1 aliphatic heterocycles. The van der Waals surface area contributed by atoms with Crippen molar-refractivity contribution in [3.63, 3.8) is 0 Å². The Labute approximate surface area is 162 Å². The van der Waals surface area contributed by atoms with Gasteiger partial charge in [-0.25, -0.2) is 0 Å². The third kappa shape index (κ3) is 4.86. The highest BCUT2D eigenvalue weighted by atomic mass is 32.2. The second kappa shape index (κ2) is 9.01. The molecular formula is C18H23N5O3S. The van der Waals surface area contributed by atoms with E-state index in [1.54, 1.807) is 0 Å². The predicted molar refractivity (Wildman–Crippen MR) is 101 cm³/mol. The van der Waals surface area contributed by atoms with Gasteiger partial charge < -0.3 is 19.9 Å². The number of benzene rings is 1. The molecule has 2 heterocycles. The lowest BCUT2D eigenvalue weighted by molar-refractivity contribution is -0.134. The molecule has 1 aliphatic rings. The van der Waals surface area contributed by atoms with E-state index < -0.39 is 5.25 Å². The summed E-state index contributed by atoms with van der Waals surface area (Å²) in [6.45, 7) is 2.29. The standard InChI is InChI=1S/C18H23N5O3S/c1-22-15(8-7-14(19)24)20-21-18(22)27-16(13-5-3-2-4-6-13)17(25)23-9-11-26-12-10-23/h2-6,16H,7-12H2,1H3,(H2,19,24)/t16-/m0/s1. The Morgan fingerprint density at radius 3 is 2.59 bits per heavy atom. The zero-order chi connectivity index (χ0) is 19.2. The minimum absolute atomic E-state index is 0.0381. The number of amides is 2. The SMILES string of the molecule is Cn1c(CCC(N)=O)nnc1S[C@H](C(=O)N1CCOCC1)c1ccccc1. The Hall–Kier alpha value is -2.39. The van der Waals surface area contributed by atoms with Crippen LogP contribution in [0, 0.1) is 0 Å². The number of morpholine rings is 1. The molecule has 3 rings (SSSR count). The van der Waals surface area contributed by atoms with E-state index in [0.29, 0.717) is 43.7 Å². The zero-order valence-corrected chi connectivity index (χ0v) is 16.0. The molecule has 0 saturated carbocycles. The normalized spacial score (nSPS) is 15.5. The van der Waals surface area contributed by atoms with Gasteiger partial charge in [-0.05, 0) is 5.56 Å². The van der Waals surface area contributed by atoms with E-state index in [-0.39, 0.29) is 18.2 Å². The Morgan fingerprint density at radius 2 is 1.93 bits per heavy atom. The maximum Gasteiger partial charge on any atom is 0.240 e. The number of hydrogen-bond donors (Lipinski definition) is 1. The summed E-state index contributed by atoms with van der Waals surface area (Å²) in [6, 6.07) is 9.66. The number of carbonyl (C=O) groups excluding carboxylic acids is 2. The van der Waals surface area contributed by atoms with Crippen LogP contribution < -0.4 is 5.73 Å². The molecule has 27 heavy (non-hydrogen) atoms. The van der Waals surface area contributed by atoms with Crippen LogP contribution in [0.3, 0.4) is 0 Å². The molecule has 0 unspecified atom stereocenters. The van der Waals surface area contributed by atoms with Crippen molar-refractivity contribution in [1.29, 1.82) is 0 Å². The van der Waals surface area contributed by atoms with Gasteiger partial charge >= 0.3 is 0 Å². The number of primary amides is 1. The number of nitrogens with zero attached hydrogens (tertiary/aromatic N) is 4. The lowest BCUT2D eigenvalue weighted by Crippen LogP contribution is -2.42. The quantitative estimate of drug-likeness (QED) is 0.707. The fourth-order valence-electron chi connectivity index (χ4n) is 2.84. The number of thioether (sulfide) groups is 1. The summed E-state index contributed by atoms with van der Waals surface area (Å²) in [7, 11) is 1.83. The third-order valence-corrected chi connectivity index (χ3v) is 5.67. The molecule has 0 spiro atoms. The Bertz CT molecular complexity index is 790. The van der Waals surface area contributed by atoms with Crippen molar-refractivity contribution in [3.8, 4) is 0 Å². The number of aromatic nitrogens is 3. The van der Waals surface area contributed by atoms with Crippen molar-refractivity contribution in [2.75, 3.05) is 26.3 Å². The summed E-state index contributed by atoms with van der Waals surface area (Å²) in [4.78, 5) is 26.0. The molecule has 2 aromatic rings. The van der Waals surface area contributed by atoms with Crippen LogP contribution in [0.5, 0.6) is 0 Å². The number of carbonyl (C=O) groups is 2. The predicted octanol–water partition coefficient (Wildman–Crippen LogP) is 0.925. The number of aryl methyl sites for hydroxylation is 1. The van der Waals surface area contributed by atoms with Crippen molar-refractivity contribution < 1.29 is 14.3 Å². The van der Waals surface area contributed by atoms with Gasteiger partial charge in [0.1, 0.15) is 11.1 Å². The molecule has 0 radical (unpaired) electrons. The Balaban J connectivity index is 1.81. The number of nitrogens with two attached hydrogens (primary N) is 1. The highest BCUT2D eigenvalue weighted by Crippen LogP contribution is 2.36. The van der Waals surface area contributed by atoms with Crippen LogP contribution in [-0.4, -0.2) is 57.8 Å². The molecule has 9 heteroatoms. The van der Waals surface area contributed by atoms with E-state index in [4.69, 9.17) is 10.5 Å². The van der Waals surface area contributed by atoms with E-state index in [1.165, 1.54) is 11.8 Å². The minimum Gasteiger partial charge on any atom is -0.378 e. The fraction of sp³-hybridized carbons (Fsp3) is 0.444. The van der Waals surface area contributed by atoms with E-state index in [9.17, 15) is 9.59 Å². The van der Waals surface area contributed by atoms with Crippen LogP contribution in [-0.2, 0) is 27.8 Å². The van der Waals surface area contributed by atoms with Gasteiger partial charge in [-0.2, -0.15) is 0 Å². The molecule has 1 saturated heterocycles. The molecule has 2 N–H and O–H groups in total. The Morgan fingerprint density at radius 1 is 1.22 bits per heavy atom. The maximum atomic E-state index is 13.2. The number of rotatable bonds is 7. The van der Waals surface area contributed by atoms with Crippen LogP contribution in [0.25, 0.3) is 0 Å². The molecule has 1 fully saturated rings. The second-order valence-corrected chi connectivity index (χ2v) is 7.34. The van der Waals surface area contributed by atoms with Crippen LogP contribution in [0.1, 0.15) is 23.1 Å². The van der Waals surface area contributed by atoms with Crippen molar-refractivity contribution in [1.82, 2.24) is 19.7 Å². The van der Waals surface area contributed by atoms with Gasteiger partial charge in [0.15, 0.2) is 5.16 Å².